The van der Waals surface area contributed by atoms with Crippen molar-refractivity contribution >= 4 is 10.0 Å². The van der Waals surface area contributed by atoms with Gasteiger partial charge in [0.2, 0.25) is 10.0 Å². The van der Waals surface area contributed by atoms with Crippen LogP contribution in [0.1, 0.15) is 39.0 Å². The Labute approximate surface area is 92.7 Å². The smallest absolute Gasteiger partial charge is 0.209 e. The molecule has 1 fully saturated rings. The third kappa shape index (κ3) is 5.49. The molecule has 1 unspecified atom stereocenters. The highest BCUT2D eigenvalue weighted by Crippen LogP contribution is 2.27. The Morgan fingerprint density at radius 3 is 2.53 bits per heavy atom. The van der Waals surface area contributed by atoms with Crippen molar-refractivity contribution in [2.45, 2.75) is 45.1 Å². The summed E-state index contributed by atoms with van der Waals surface area (Å²) in [6.45, 7) is 2.93. The van der Waals surface area contributed by atoms with Crippen LogP contribution in [-0.4, -0.2) is 26.8 Å². The third-order valence-corrected chi connectivity index (χ3v) is 4.04. The van der Waals surface area contributed by atoms with Crippen molar-refractivity contribution in [1.29, 1.82) is 0 Å². The van der Waals surface area contributed by atoms with Gasteiger partial charge in [-0.05, 0) is 38.6 Å². The number of hydrogen-bond donors (Lipinski definition) is 2. The Morgan fingerprint density at radius 2 is 2.00 bits per heavy atom. The van der Waals surface area contributed by atoms with Crippen LogP contribution >= 0.6 is 0 Å². The molecule has 0 aliphatic heterocycles. The molecule has 90 valence electrons. The Kier molecular flexibility index (Phi) is 5.02. The van der Waals surface area contributed by atoms with Crippen molar-refractivity contribution in [2.75, 3.05) is 12.3 Å². The van der Waals surface area contributed by atoms with Gasteiger partial charge in [0.15, 0.2) is 0 Å². The summed E-state index contributed by atoms with van der Waals surface area (Å²) in [5, 5.41) is 8.30. The highest BCUT2D eigenvalue weighted by atomic mass is 32.2. The van der Waals surface area contributed by atoms with Gasteiger partial charge in [0.1, 0.15) is 0 Å². The Balaban J connectivity index is 2.09. The van der Waals surface area contributed by atoms with E-state index in [1.54, 1.807) is 0 Å². The van der Waals surface area contributed by atoms with Crippen molar-refractivity contribution < 1.29 is 8.42 Å². The molecule has 0 aromatic heterocycles. The van der Waals surface area contributed by atoms with Crippen molar-refractivity contribution in [3.8, 4) is 0 Å². The fourth-order valence-electron chi connectivity index (χ4n) is 2.23. The Hall–Kier alpha value is -0.130. The molecule has 1 atom stereocenters. The van der Waals surface area contributed by atoms with E-state index in [0.29, 0.717) is 12.5 Å². The molecule has 5 heteroatoms. The van der Waals surface area contributed by atoms with Gasteiger partial charge in [0, 0.05) is 6.04 Å². The first-order valence-electron chi connectivity index (χ1n) is 5.73. The summed E-state index contributed by atoms with van der Waals surface area (Å²) in [6, 6.07) is 0.507. The van der Waals surface area contributed by atoms with Crippen LogP contribution in [0, 0.1) is 5.92 Å². The average molecular weight is 234 g/mol. The van der Waals surface area contributed by atoms with Crippen LogP contribution in [0.2, 0.25) is 0 Å². The standard InChI is InChI=1S/C10H22N2O2S/c1-9(10-5-2-3-6-10)12-7-4-8-15(11,13)14/h9-10,12H,2-8H2,1H3,(H2,11,13,14). The number of sulfonamides is 1. The van der Waals surface area contributed by atoms with E-state index < -0.39 is 10.0 Å². The van der Waals surface area contributed by atoms with E-state index in [0.717, 1.165) is 12.5 Å². The predicted octanol–water partition coefficient (Wildman–Crippen LogP) is 0.833. The molecule has 0 spiro atoms. The third-order valence-electron chi connectivity index (χ3n) is 3.18. The molecule has 1 aliphatic carbocycles. The predicted molar refractivity (Wildman–Crippen MR) is 62.0 cm³/mol. The second kappa shape index (κ2) is 5.82. The first-order chi connectivity index (χ1) is 6.99. The van der Waals surface area contributed by atoms with E-state index in [4.69, 9.17) is 5.14 Å². The summed E-state index contributed by atoms with van der Waals surface area (Å²) >= 11 is 0. The maximum absolute atomic E-state index is 10.7. The van der Waals surface area contributed by atoms with Gasteiger partial charge in [0.05, 0.1) is 5.75 Å². The van der Waals surface area contributed by atoms with Crippen molar-refractivity contribution in [3.05, 3.63) is 0 Å². The summed E-state index contributed by atoms with van der Waals surface area (Å²) in [5.41, 5.74) is 0. The molecule has 1 saturated carbocycles. The lowest BCUT2D eigenvalue weighted by Gasteiger charge is -2.20. The van der Waals surface area contributed by atoms with Crippen LogP contribution in [0.15, 0.2) is 0 Å². The summed E-state index contributed by atoms with van der Waals surface area (Å²) in [4.78, 5) is 0. The van der Waals surface area contributed by atoms with E-state index >= 15 is 0 Å². The lowest BCUT2D eigenvalue weighted by atomic mass is 10.00. The van der Waals surface area contributed by atoms with Gasteiger partial charge >= 0.3 is 0 Å². The number of nitrogens with two attached hydrogens (primary N) is 1. The Morgan fingerprint density at radius 1 is 1.40 bits per heavy atom. The van der Waals surface area contributed by atoms with Gasteiger partial charge in [-0.15, -0.1) is 0 Å². The second-order valence-electron chi connectivity index (χ2n) is 4.51. The number of nitrogens with one attached hydrogen (secondary N) is 1. The molecule has 15 heavy (non-hydrogen) atoms. The minimum Gasteiger partial charge on any atom is -0.314 e. The zero-order valence-electron chi connectivity index (χ0n) is 9.41. The van der Waals surface area contributed by atoms with Gasteiger partial charge in [-0.25, -0.2) is 13.6 Å². The van der Waals surface area contributed by atoms with Crippen LogP contribution in [0.4, 0.5) is 0 Å². The highest BCUT2D eigenvalue weighted by molar-refractivity contribution is 7.89. The van der Waals surface area contributed by atoms with Crippen LogP contribution < -0.4 is 10.5 Å². The number of hydrogen-bond acceptors (Lipinski definition) is 3. The van der Waals surface area contributed by atoms with Gasteiger partial charge in [-0.2, -0.15) is 0 Å². The van der Waals surface area contributed by atoms with Crippen LogP contribution in [0.3, 0.4) is 0 Å². The fourth-order valence-corrected chi connectivity index (χ4v) is 2.77. The zero-order valence-corrected chi connectivity index (χ0v) is 10.2. The molecule has 1 rings (SSSR count). The molecule has 0 saturated heterocycles. The van der Waals surface area contributed by atoms with E-state index in [9.17, 15) is 8.42 Å². The van der Waals surface area contributed by atoms with Crippen molar-refractivity contribution in [1.82, 2.24) is 5.32 Å². The van der Waals surface area contributed by atoms with Crippen LogP contribution in [0.5, 0.6) is 0 Å². The first kappa shape index (κ1) is 12.9. The summed E-state index contributed by atoms with van der Waals surface area (Å²) < 4.78 is 21.4. The summed E-state index contributed by atoms with van der Waals surface area (Å²) in [7, 11) is -3.28. The second-order valence-corrected chi connectivity index (χ2v) is 6.24. The average Bonchev–Trinajstić information content (AvgIpc) is 2.63. The quantitative estimate of drug-likeness (QED) is 0.669. The lowest BCUT2D eigenvalue weighted by Crippen LogP contribution is -2.34. The van der Waals surface area contributed by atoms with Crippen LogP contribution in [0.25, 0.3) is 0 Å². The fraction of sp³-hybridized carbons (Fsp3) is 1.00. The first-order valence-corrected chi connectivity index (χ1v) is 7.44. The molecule has 4 nitrogen and oxygen atoms in total. The molecule has 0 aromatic rings. The lowest BCUT2D eigenvalue weighted by molar-refractivity contribution is 0.382. The maximum Gasteiger partial charge on any atom is 0.209 e. The van der Waals surface area contributed by atoms with Gasteiger partial charge < -0.3 is 5.32 Å². The van der Waals surface area contributed by atoms with Gasteiger partial charge in [-0.1, -0.05) is 12.8 Å². The largest absolute Gasteiger partial charge is 0.314 e. The molecule has 0 amide bonds. The molecular weight excluding hydrogens is 212 g/mol. The Bertz CT molecular complexity index is 271. The SMILES string of the molecule is CC(NCCCS(N)(=O)=O)C1CCCC1. The number of rotatable bonds is 6. The molecule has 1 aliphatic rings. The van der Waals surface area contributed by atoms with Crippen molar-refractivity contribution in [3.63, 3.8) is 0 Å². The minimum absolute atomic E-state index is 0.0807. The normalized spacial score (nSPS) is 20.7. The van der Waals surface area contributed by atoms with Crippen molar-refractivity contribution in [2.24, 2.45) is 11.1 Å². The van der Waals surface area contributed by atoms with Gasteiger partial charge in [0.25, 0.3) is 0 Å². The minimum atomic E-state index is -3.28. The molecule has 3 N–H and O–H groups in total. The van der Waals surface area contributed by atoms with Crippen LogP contribution in [-0.2, 0) is 10.0 Å². The topological polar surface area (TPSA) is 72.2 Å². The van der Waals surface area contributed by atoms with E-state index in [2.05, 4.69) is 12.2 Å². The summed E-state index contributed by atoms with van der Waals surface area (Å²) in [6.07, 6.45) is 5.91. The zero-order chi connectivity index (χ0) is 11.3. The van der Waals surface area contributed by atoms with Gasteiger partial charge in [-0.3, -0.25) is 0 Å². The molecule has 0 radical (unpaired) electrons. The molecule has 0 heterocycles. The molecular formula is C10H22N2O2S. The maximum atomic E-state index is 10.7. The highest BCUT2D eigenvalue weighted by Gasteiger charge is 2.20. The van der Waals surface area contributed by atoms with E-state index in [1.807, 2.05) is 0 Å². The molecule has 0 bridgehead atoms. The van der Waals surface area contributed by atoms with E-state index in [1.165, 1.54) is 25.7 Å². The monoisotopic (exact) mass is 234 g/mol. The van der Waals surface area contributed by atoms with E-state index in [-0.39, 0.29) is 5.75 Å². The summed E-state index contributed by atoms with van der Waals surface area (Å²) in [5.74, 6) is 0.858. The molecule has 0 aromatic carbocycles. The number of primary sulfonamides is 1.